The zero-order valence-electron chi connectivity index (χ0n) is 15.1. The third kappa shape index (κ3) is 4.48. The van der Waals surface area contributed by atoms with Gasteiger partial charge in [0.05, 0.1) is 11.9 Å². The molecule has 0 unspecified atom stereocenters. The molecule has 2 aromatic carbocycles. The Balaban J connectivity index is 1.56. The van der Waals surface area contributed by atoms with Gasteiger partial charge in [0.1, 0.15) is 5.69 Å². The molecule has 4 heteroatoms. The Hall–Kier alpha value is -3.14. The molecule has 1 heterocycles. The van der Waals surface area contributed by atoms with Crippen LogP contribution in [0.2, 0.25) is 0 Å². The second-order valence-corrected chi connectivity index (χ2v) is 6.30. The van der Waals surface area contributed by atoms with E-state index in [0.29, 0.717) is 12.2 Å². The number of rotatable bonds is 6. The van der Waals surface area contributed by atoms with Gasteiger partial charge in [-0.3, -0.25) is 4.79 Å². The van der Waals surface area contributed by atoms with Crippen molar-refractivity contribution in [3.8, 4) is 0 Å². The highest BCUT2D eigenvalue weighted by molar-refractivity contribution is 5.92. The van der Waals surface area contributed by atoms with Gasteiger partial charge >= 0.3 is 0 Å². The van der Waals surface area contributed by atoms with Crippen LogP contribution in [0.15, 0.2) is 66.9 Å². The molecule has 0 aliphatic heterocycles. The number of aryl methyl sites for hydroxylation is 1. The molecular formula is C22H23N3O. The third-order valence-corrected chi connectivity index (χ3v) is 4.42. The van der Waals surface area contributed by atoms with E-state index < -0.39 is 0 Å². The molecule has 1 amide bonds. The zero-order valence-corrected chi connectivity index (χ0v) is 15.1. The van der Waals surface area contributed by atoms with Crippen LogP contribution in [0, 0.1) is 13.8 Å². The van der Waals surface area contributed by atoms with E-state index in [1.165, 1.54) is 16.7 Å². The Labute approximate surface area is 154 Å². The number of carbonyl (C=O) groups is 1. The number of carbonyl (C=O) groups excluding carboxylic acids is 1. The fourth-order valence-corrected chi connectivity index (χ4v) is 2.70. The fraction of sp³-hybridized carbons (Fsp3) is 0.182. The second-order valence-electron chi connectivity index (χ2n) is 6.30. The van der Waals surface area contributed by atoms with Crippen LogP contribution in [0.3, 0.4) is 0 Å². The topological polar surface area (TPSA) is 54.0 Å². The first-order valence-corrected chi connectivity index (χ1v) is 8.75. The predicted octanol–water partition coefficient (Wildman–Crippen LogP) is 4.41. The van der Waals surface area contributed by atoms with Crippen molar-refractivity contribution in [1.29, 1.82) is 0 Å². The van der Waals surface area contributed by atoms with Crippen LogP contribution in [0.4, 0.5) is 11.4 Å². The summed E-state index contributed by atoms with van der Waals surface area (Å²) in [7, 11) is 0. The van der Waals surface area contributed by atoms with Crippen molar-refractivity contribution in [3.05, 3.63) is 89.2 Å². The number of nitrogens with one attached hydrogen (secondary N) is 2. The van der Waals surface area contributed by atoms with E-state index in [0.717, 1.165) is 17.8 Å². The smallest absolute Gasteiger partial charge is 0.269 e. The summed E-state index contributed by atoms with van der Waals surface area (Å²) in [4.78, 5) is 16.5. The van der Waals surface area contributed by atoms with E-state index >= 15 is 0 Å². The van der Waals surface area contributed by atoms with Crippen molar-refractivity contribution in [1.82, 2.24) is 10.3 Å². The number of aromatic nitrogens is 1. The summed E-state index contributed by atoms with van der Waals surface area (Å²) in [6.45, 7) is 4.76. The molecule has 26 heavy (non-hydrogen) atoms. The summed E-state index contributed by atoms with van der Waals surface area (Å²) in [5.41, 5.74) is 5.97. The van der Waals surface area contributed by atoms with Gasteiger partial charge in [-0.05, 0) is 55.2 Å². The van der Waals surface area contributed by atoms with Gasteiger partial charge in [0.25, 0.3) is 5.91 Å². The molecule has 3 rings (SSSR count). The number of hydrogen-bond donors (Lipinski definition) is 2. The fourth-order valence-electron chi connectivity index (χ4n) is 2.70. The molecule has 1 aromatic heterocycles. The van der Waals surface area contributed by atoms with E-state index in [4.69, 9.17) is 0 Å². The number of nitrogens with zero attached hydrogens (tertiary/aromatic N) is 1. The predicted molar refractivity (Wildman–Crippen MR) is 106 cm³/mol. The lowest BCUT2D eigenvalue weighted by molar-refractivity contribution is 0.0949. The first-order chi connectivity index (χ1) is 12.6. The number of amides is 1. The summed E-state index contributed by atoms with van der Waals surface area (Å²) >= 11 is 0. The molecule has 0 saturated heterocycles. The van der Waals surface area contributed by atoms with Crippen molar-refractivity contribution >= 4 is 17.3 Å². The van der Waals surface area contributed by atoms with Gasteiger partial charge in [-0.15, -0.1) is 0 Å². The van der Waals surface area contributed by atoms with Gasteiger partial charge in [-0.25, -0.2) is 4.98 Å². The Morgan fingerprint density at radius 1 is 0.962 bits per heavy atom. The van der Waals surface area contributed by atoms with E-state index in [9.17, 15) is 4.79 Å². The van der Waals surface area contributed by atoms with Crippen molar-refractivity contribution in [2.75, 3.05) is 11.9 Å². The molecule has 0 atom stereocenters. The molecule has 0 fully saturated rings. The number of pyridine rings is 1. The number of hydrogen-bond acceptors (Lipinski definition) is 3. The minimum atomic E-state index is -0.154. The highest BCUT2D eigenvalue weighted by Crippen LogP contribution is 2.22. The quantitative estimate of drug-likeness (QED) is 0.695. The second kappa shape index (κ2) is 8.30. The normalized spacial score (nSPS) is 10.4. The molecule has 4 nitrogen and oxygen atoms in total. The minimum absolute atomic E-state index is 0.154. The van der Waals surface area contributed by atoms with E-state index in [-0.39, 0.29) is 5.91 Å². The summed E-state index contributed by atoms with van der Waals surface area (Å²) in [5, 5.41) is 6.26. The maximum Gasteiger partial charge on any atom is 0.269 e. The average molecular weight is 345 g/mol. The molecule has 0 aliphatic rings. The SMILES string of the molecule is Cc1cccc(Nc2ccc(C(=O)NCCc3ccccc3)nc2)c1C. The van der Waals surface area contributed by atoms with E-state index in [1.807, 2.05) is 36.4 Å². The zero-order chi connectivity index (χ0) is 18.4. The third-order valence-electron chi connectivity index (χ3n) is 4.42. The minimum Gasteiger partial charge on any atom is -0.354 e. The molecule has 0 aliphatic carbocycles. The number of anilines is 2. The molecular weight excluding hydrogens is 322 g/mol. The maximum absolute atomic E-state index is 12.2. The van der Waals surface area contributed by atoms with Gasteiger partial charge in [-0.2, -0.15) is 0 Å². The van der Waals surface area contributed by atoms with Crippen LogP contribution in [0.25, 0.3) is 0 Å². The number of benzene rings is 2. The van der Waals surface area contributed by atoms with Crippen molar-refractivity contribution in [2.24, 2.45) is 0 Å². The molecule has 0 radical (unpaired) electrons. The van der Waals surface area contributed by atoms with Gasteiger partial charge < -0.3 is 10.6 Å². The summed E-state index contributed by atoms with van der Waals surface area (Å²) in [6, 6.07) is 19.9. The molecule has 0 saturated carbocycles. The van der Waals surface area contributed by atoms with Crippen LogP contribution < -0.4 is 10.6 Å². The van der Waals surface area contributed by atoms with E-state index in [1.54, 1.807) is 12.3 Å². The molecule has 3 aromatic rings. The van der Waals surface area contributed by atoms with Gasteiger partial charge in [0, 0.05) is 12.2 Å². The van der Waals surface area contributed by atoms with Crippen molar-refractivity contribution in [3.63, 3.8) is 0 Å². The Morgan fingerprint density at radius 3 is 2.50 bits per heavy atom. The highest BCUT2D eigenvalue weighted by Gasteiger charge is 2.07. The van der Waals surface area contributed by atoms with Crippen molar-refractivity contribution in [2.45, 2.75) is 20.3 Å². The lowest BCUT2D eigenvalue weighted by Crippen LogP contribution is -2.26. The highest BCUT2D eigenvalue weighted by atomic mass is 16.1. The lowest BCUT2D eigenvalue weighted by Gasteiger charge is -2.11. The van der Waals surface area contributed by atoms with Gasteiger partial charge in [-0.1, -0.05) is 42.5 Å². The van der Waals surface area contributed by atoms with Crippen LogP contribution in [0.1, 0.15) is 27.2 Å². The lowest BCUT2D eigenvalue weighted by atomic mass is 10.1. The average Bonchev–Trinajstić information content (AvgIpc) is 2.67. The van der Waals surface area contributed by atoms with Crippen LogP contribution in [-0.2, 0) is 6.42 Å². The Kier molecular flexibility index (Phi) is 5.64. The molecule has 2 N–H and O–H groups in total. The summed E-state index contributed by atoms with van der Waals surface area (Å²) in [5.74, 6) is -0.154. The van der Waals surface area contributed by atoms with Gasteiger partial charge in [0.15, 0.2) is 0 Å². The first kappa shape index (κ1) is 17.7. The summed E-state index contributed by atoms with van der Waals surface area (Å²) < 4.78 is 0. The van der Waals surface area contributed by atoms with Crippen LogP contribution in [-0.4, -0.2) is 17.4 Å². The maximum atomic E-state index is 12.2. The largest absolute Gasteiger partial charge is 0.354 e. The van der Waals surface area contributed by atoms with E-state index in [2.05, 4.69) is 47.7 Å². The first-order valence-electron chi connectivity index (χ1n) is 8.75. The van der Waals surface area contributed by atoms with Crippen molar-refractivity contribution < 1.29 is 4.79 Å². The molecule has 132 valence electrons. The summed E-state index contributed by atoms with van der Waals surface area (Å²) in [6.07, 6.45) is 2.49. The monoisotopic (exact) mass is 345 g/mol. The Bertz CT molecular complexity index is 874. The Morgan fingerprint density at radius 2 is 1.77 bits per heavy atom. The van der Waals surface area contributed by atoms with Gasteiger partial charge in [0.2, 0.25) is 0 Å². The molecule has 0 spiro atoms. The molecule has 0 bridgehead atoms. The van der Waals surface area contributed by atoms with Crippen LogP contribution >= 0.6 is 0 Å². The van der Waals surface area contributed by atoms with Crippen LogP contribution in [0.5, 0.6) is 0 Å². The standard InChI is InChI=1S/C22H23N3O/c1-16-7-6-10-20(17(16)2)25-19-11-12-21(24-15-19)22(26)23-14-13-18-8-4-3-5-9-18/h3-12,15,25H,13-14H2,1-2H3,(H,23,26).